The molecule has 2 N–H and O–H groups in total. The van der Waals surface area contributed by atoms with Gasteiger partial charge in [-0.1, -0.05) is 35.7 Å². The predicted molar refractivity (Wildman–Crippen MR) is 91.7 cm³/mol. The van der Waals surface area contributed by atoms with Crippen molar-refractivity contribution in [1.82, 2.24) is 4.90 Å². The van der Waals surface area contributed by atoms with Crippen molar-refractivity contribution >= 4 is 15.9 Å². The zero-order valence-corrected chi connectivity index (χ0v) is 14.7. The molecule has 0 saturated carbocycles. The van der Waals surface area contributed by atoms with Crippen LogP contribution in [0.15, 0.2) is 22.7 Å². The summed E-state index contributed by atoms with van der Waals surface area (Å²) in [4.78, 5) is 2.61. The largest absolute Gasteiger partial charge is 0.496 e. The Kier molecular flexibility index (Phi) is 6.52. The Morgan fingerprint density at radius 2 is 2.19 bits per heavy atom. The molecule has 2 rings (SSSR count). The Balaban J connectivity index is 2.34. The van der Waals surface area contributed by atoms with Gasteiger partial charge in [0.25, 0.3) is 0 Å². The van der Waals surface area contributed by atoms with Crippen LogP contribution in [0.1, 0.15) is 50.6 Å². The maximum Gasteiger partial charge on any atom is 0.123 e. The summed E-state index contributed by atoms with van der Waals surface area (Å²) in [6.45, 7) is 4.05. The highest BCUT2D eigenvalue weighted by molar-refractivity contribution is 9.10. The van der Waals surface area contributed by atoms with Gasteiger partial charge < -0.3 is 10.5 Å². The Morgan fingerprint density at radius 1 is 1.38 bits per heavy atom. The smallest absolute Gasteiger partial charge is 0.123 e. The number of nitrogens with two attached hydrogens (primary N) is 1. The van der Waals surface area contributed by atoms with Gasteiger partial charge in [0.05, 0.1) is 13.2 Å². The van der Waals surface area contributed by atoms with Gasteiger partial charge >= 0.3 is 0 Å². The SMILES string of the molecule is CCC1CCCCCN1C(CN)c1cc(Br)ccc1OC. The fourth-order valence-electron chi connectivity index (χ4n) is 3.46. The molecular weight excluding hydrogens is 328 g/mol. The number of nitrogens with zero attached hydrogens (tertiary/aromatic N) is 1. The minimum absolute atomic E-state index is 0.237. The second-order valence-corrected chi connectivity index (χ2v) is 6.70. The summed E-state index contributed by atoms with van der Waals surface area (Å²) in [7, 11) is 1.74. The summed E-state index contributed by atoms with van der Waals surface area (Å²) < 4.78 is 6.65. The Morgan fingerprint density at radius 3 is 2.86 bits per heavy atom. The molecular formula is C17H27BrN2O. The lowest BCUT2D eigenvalue weighted by Crippen LogP contribution is -2.41. The normalized spacial score (nSPS) is 21.8. The van der Waals surface area contributed by atoms with Crippen molar-refractivity contribution in [3.8, 4) is 5.75 Å². The van der Waals surface area contributed by atoms with E-state index >= 15 is 0 Å². The molecule has 2 unspecified atom stereocenters. The van der Waals surface area contributed by atoms with Crippen LogP contribution in [0.2, 0.25) is 0 Å². The number of likely N-dealkylation sites (tertiary alicyclic amines) is 1. The summed E-state index contributed by atoms with van der Waals surface area (Å²) in [5.74, 6) is 0.938. The maximum absolute atomic E-state index is 6.16. The van der Waals surface area contributed by atoms with Gasteiger partial charge in [-0.3, -0.25) is 4.90 Å². The molecule has 21 heavy (non-hydrogen) atoms. The summed E-state index contributed by atoms with van der Waals surface area (Å²) in [5, 5.41) is 0. The Labute approximate surface area is 137 Å². The first-order valence-electron chi connectivity index (χ1n) is 8.00. The standard InChI is InChI=1S/C17H27BrN2O/c1-3-14-7-5-4-6-10-20(14)16(12-19)15-11-13(18)8-9-17(15)21-2/h8-9,11,14,16H,3-7,10,12,19H2,1-2H3. The molecule has 0 aliphatic carbocycles. The van der Waals surface area contributed by atoms with Crippen molar-refractivity contribution in [3.63, 3.8) is 0 Å². The monoisotopic (exact) mass is 354 g/mol. The lowest BCUT2D eigenvalue weighted by molar-refractivity contribution is 0.134. The molecule has 1 aliphatic heterocycles. The number of methoxy groups -OCH3 is 1. The van der Waals surface area contributed by atoms with Crippen molar-refractivity contribution in [3.05, 3.63) is 28.2 Å². The van der Waals surface area contributed by atoms with Gasteiger partial charge in [0.15, 0.2) is 0 Å². The molecule has 1 aromatic carbocycles. The van der Waals surface area contributed by atoms with Crippen molar-refractivity contribution in [2.75, 3.05) is 20.2 Å². The first-order valence-corrected chi connectivity index (χ1v) is 8.79. The van der Waals surface area contributed by atoms with E-state index in [-0.39, 0.29) is 6.04 Å². The average Bonchev–Trinajstić information content (AvgIpc) is 2.74. The molecule has 0 amide bonds. The van der Waals surface area contributed by atoms with Crippen molar-refractivity contribution in [2.45, 2.75) is 51.1 Å². The lowest BCUT2D eigenvalue weighted by atomic mass is 10.00. The van der Waals surface area contributed by atoms with E-state index in [1.54, 1.807) is 7.11 Å². The third-order valence-electron chi connectivity index (χ3n) is 4.57. The van der Waals surface area contributed by atoms with Gasteiger partial charge in [-0.2, -0.15) is 0 Å². The van der Waals surface area contributed by atoms with Crippen molar-refractivity contribution in [1.29, 1.82) is 0 Å². The zero-order valence-electron chi connectivity index (χ0n) is 13.1. The van der Waals surface area contributed by atoms with E-state index in [1.165, 1.54) is 37.7 Å². The summed E-state index contributed by atoms with van der Waals surface area (Å²) >= 11 is 3.58. The van der Waals surface area contributed by atoms with E-state index in [4.69, 9.17) is 10.5 Å². The number of ether oxygens (including phenoxy) is 1. The molecule has 2 atom stereocenters. The highest BCUT2D eigenvalue weighted by Gasteiger charge is 2.28. The molecule has 0 spiro atoms. The summed E-state index contributed by atoms with van der Waals surface area (Å²) in [6, 6.07) is 7.08. The Bertz CT molecular complexity index is 452. The maximum atomic E-state index is 6.16. The molecule has 0 aromatic heterocycles. The Hall–Kier alpha value is -0.580. The minimum Gasteiger partial charge on any atom is -0.496 e. The van der Waals surface area contributed by atoms with Crippen molar-refractivity contribution < 1.29 is 4.74 Å². The minimum atomic E-state index is 0.237. The van der Waals surface area contributed by atoms with E-state index < -0.39 is 0 Å². The molecule has 1 aliphatic rings. The van der Waals surface area contributed by atoms with Gasteiger partial charge in [0.1, 0.15) is 5.75 Å². The molecule has 1 heterocycles. The number of hydrogen-bond acceptors (Lipinski definition) is 3. The van der Waals surface area contributed by atoms with Gasteiger partial charge in [0, 0.05) is 22.6 Å². The van der Waals surface area contributed by atoms with E-state index in [1.807, 2.05) is 12.1 Å². The highest BCUT2D eigenvalue weighted by atomic mass is 79.9. The number of hydrogen-bond donors (Lipinski definition) is 1. The van der Waals surface area contributed by atoms with Crippen LogP contribution in [0, 0.1) is 0 Å². The summed E-state index contributed by atoms with van der Waals surface area (Å²) in [6.07, 6.45) is 6.40. The van der Waals surface area contributed by atoms with E-state index in [2.05, 4.69) is 33.8 Å². The van der Waals surface area contributed by atoms with Crippen LogP contribution >= 0.6 is 15.9 Å². The first-order chi connectivity index (χ1) is 10.2. The molecule has 3 nitrogen and oxygen atoms in total. The second-order valence-electron chi connectivity index (χ2n) is 5.79. The van der Waals surface area contributed by atoms with Crippen LogP contribution in [-0.2, 0) is 0 Å². The molecule has 1 aromatic rings. The van der Waals surface area contributed by atoms with E-state index in [0.29, 0.717) is 12.6 Å². The number of rotatable bonds is 5. The number of halogens is 1. The molecule has 118 valence electrons. The van der Waals surface area contributed by atoms with Gasteiger partial charge in [0.2, 0.25) is 0 Å². The lowest BCUT2D eigenvalue weighted by Gasteiger charge is -2.37. The summed E-state index contributed by atoms with van der Waals surface area (Å²) in [5.41, 5.74) is 7.37. The number of benzene rings is 1. The van der Waals surface area contributed by atoms with Gasteiger partial charge in [-0.05, 0) is 44.0 Å². The quantitative estimate of drug-likeness (QED) is 0.864. The molecule has 1 fully saturated rings. The van der Waals surface area contributed by atoms with Crippen LogP contribution in [0.25, 0.3) is 0 Å². The fourth-order valence-corrected chi connectivity index (χ4v) is 3.83. The topological polar surface area (TPSA) is 38.5 Å². The van der Waals surface area contributed by atoms with Gasteiger partial charge in [-0.15, -0.1) is 0 Å². The molecule has 0 bridgehead atoms. The average molecular weight is 355 g/mol. The van der Waals surface area contributed by atoms with Crippen LogP contribution in [0.5, 0.6) is 5.75 Å². The highest BCUT2D eigenvalue weighted by Crippen LogP contribution is 2.35. The molecule has 1 saturated heterocycles. The second kappa shape index (κ2) is 8.16. The van der Waals surface area contributed by atoms with Crippen LogP contribution in [0.3, 0.4) is 0 Å². The van der Waals surface area contributed by atoms with Crippen molar-refractivity contribution in [2.24, 2.45) is 5.73 Å². The predicted octanol–water partition coefficient (Wildman–Crippen LogP) is 4.11. The third kappa shape index (κ3) is 3.99. The van der Waals surface area contributed by atoms with Gasteiger partial charge in [-0.25, -0.2) is 0 Å². The zero-order chi connectivity index (χ0) is 15.2. The van der Waals surface area contributed by atoms with Crippen LogP contribution in [0.4, 0.5) is 0 Å². The first kappa shape index (κ1) is 16.8. The third-order valence-corrected chi connectivity index (χ3v) is 5.06. The van der Waals surface area contributed by atoms with Crippen LogP contribution < -0.4 is 10.5 Å². The molecule has 0 radical (unpaired) electrons. The molecule has 4 heteroatoms. The van der Waals surface area contributed by atoms with Crippen LogP contribution in [-0.4, -0.2) is 31.1 Å². The fraction of sp³-hybridized carbons (Fsp3) is 0.647. The van der Waals surface area contributed by atoms with E-state index in [9.17, 15) is 0 Å². The van der Waals surface area contributed by atoms with E-state index in [0.717, 1.165) is 16.8 Å².